The standard InChI is InChI=1S/C30H27ClFN3O8/c1-34-15-30(10-16(11-30)14-42-2)35-13-20(26(37)33-12-19-7-4-8-21(31)22(19)32)24(36)25(23(35)27(34)38)43-29(41)18-6-3-5-17(9-18)28(39)40/h3-9,13,16H,10-12,14-15H2,1-2H3,(H,33,37)(H,39,40)/t16-,30+. The molecule has 1 spiro atoms. The predicted octanol–water partition coefficient (Wildman–Crippen LogP) is 3.33. The molecule has 0 radical (unpaired) electrons. The first kappa shape index (κ1) is 29.9. The number of amides is 2. The molecule has 1 fully saturated rings. The Morgan fingerprint density at radius 1 is 1.14 bits per heavy atom. The minimum absolute atomic E-state index is 0.0820. The Kier molecular flexibility index (Phi) is 8.08. The summed E-state index contributed by atoms with van der Waals surface area (Å²) in [5.41, 5.74) is -2.69. The highest BCUT2D eigenvalue weighted by atomic mass is 35.5. The van der Waals surface area contributed by atoms with Crippen LogP contribution in [0.15, 0.2) is 53.5 Å². The average molecular weight is 612 g/mol. The monoisotopic (exact) mass is 611 g/mol. The van der Waals surface area contributed by atoms with Crippen LogP contribution >= 0.6 is 11.6 Å². The number of carbonyl (C=O) groups is 4. The molecule has 5 rings (SSSR count). The first-order valence-corrected chi connectivity index (χ1v) is 13.6. The van der Waals surface area contributed by atoms with Crippen LogP contribution in [0.5, 0.6) is 5.75 Å². The van der Waals surface area contributed by atoms with Crippen molar-refractivity contribution < 1.29 is 38.1 Å². The number of benzene rings is 2. The number of hydrogen-bond acceptors (Lipinski definition) is 7. The van der Waals surface area contributed by atoms with Crippen molar-refractivity contribution in [3.63, 3.8) is 0 Å². The average Bonchev–Trinajstić information content (AvgIpc) is 2.96. The lowest BCUT2D eigenvalue weighted by Crippen LogP contribution is -2.60. The van der Waals surface area contributed by atoms with E-state index in [9.17, 15) is 33.5 Å². The summed E-state index contributed by atoms with van der Waals surface area (Å²) in [6, 6.07) is 9.27. The van der Waals surface area contributed by atoms with E-state index >= 15 is 0 Å². The number of aromatic carboxylic acids is 1. The summed E-state index contributed by atoms with van der Waals surface area (Å²) in [6.45, 7) is 0.437. The number of fused-ring (bicyclic) bond motifs is 2. The van der Waals surface area contributed by atoms with Crippen LogP contribution in [0.4, 0.5) is 4.39 Å². The Labute approximate surface area is 249 Å². The van der Waals surface area contributed by atoms with Gasteiger partial charge in [0, 0.05) is 45.6 Å². The number of nitrogens with zero attached hydrogens (tertiary/aromatic N) is 2. The third kappa shape index (κ3) is 5.51. The second-order valence-corrected chi connectivity index (χ2v) is 11.1. The van der Waals surface area contributed by atoms with E-state index in [-0.39, 0.29) is 46.4 Å². The van der Waals surface area contributed by atoms with Crippen LogP contribution in [-0.4, -0.2) is 65.6 Å². The number of hydrogen-bond donors (Lipinski definition) is 2. The van der Waals surface area contributed by atoms with Gasteiger partial charge < -0.3 is 29.4 Å². The fraction of sp³-hybridized carbons (Fsp3) is 0.300. The molecule has 2 aromatic carbocycles. The Hall–Kier alpha value is -4.55. The van der Waals surface area contributed by atoms with Crippen molar-refractivity contribution in [1.29, 1.82) is 0 Å². The van der Waals surface area contributed by atoms with Gasteiger partial charge in [-0.05, 0) is 43.0 Å². The number of nitrogens with one attached hydrogen (secondary N) is 1. The molecule has 2 amide bonds. The van der Waals surface area contributed by atoms with Crippen LogP contribution < -0.4 is 15.5 Å². The van der Waals surface area contributed by atoms with Crippen LogP contribution in [0, 0.1) is 11.7 Å². The second-order valence-electron chi connectivity index (χ2n) is 10.7. The second kappa shape index (κ2) is 11.6. The lowest BCUT2D eigenvalue weighted by Gasteiger charge is -2.54. The zero-order valence-corrected chi connectivity index (χ0v) is 23.9. The van der Waals surface area contributed by atoms with Gasteiger partial charge in [-0.2, -0.15) is 0 Å². The van der Waals surface area contributed by atoms with Gasteiger partial charge in [0.25, 0.3) is 11.8 Å². The van der Waals surface area contributed by atoms with Gasteiger partial charge in [0.05, 0.1) is 21.7 Å². The molecule has 0 bridgehead atoms. The molecule has 2 aliphatic rings. The molecular formula is C30H27ClFN3O8. The topological polar surface area (TPSA) is 144 Å². The fourth-order valence-electron chi connectivity index (χ4n) is 5.77. The van der Waals surface area contributed by atoms with Crippen LogP contribution in [0.3, 0.4) is 0 Å². The van der Waals surface area contributed by atoms with Crippen molar-refractivity contribution in [2.45, 2.75) is 24.9 Å². The zero-order chi connectivity index (χ0) is 31.1. The summed E-state index contributed by atoms with van der Waals surface area (Å²) in [7, 11) is 3.14. The van der Waals surface area contributed by atoms with Gasteiger partial charge in [-0.15, -0.1) is 0 Å². The summed E-state index contributed by atoms with van der Waals surface area (Å²) in [6.07, 6.45) is 2.38. The molecule has 43 heavy (non-hydrogen) atoms. The number of esters is 1. The molecule has 3 aromatic rings. The van der Waals surface area contributed by atoms with Crippen molar-refractivity contribution in [3.8, 4) is 5.75 Å². The lowest BCUT2D eigenvalue weighted by atomic mass is 9.67. The van der Waals surface area contributed by atoms with E-state index in [0.717, 1.165) is 6.07 Å². The smallest absolute Gasteiger partial charge is 0.343 e. The van der Waals surface area contributed by atoms with Crippen molar-refractivity contribution >= 4 is 35.4 Å². The van der Waals surface area contributed by atoms with Gasteiger partial charge in [-0.1, -0.05) is 29.8 Å². The maximum absolute atomic E-state index is 14.4. The Bertz CT molecular complexity index is 1720. The van der Waals surface area contributed by atoms with Crippen molar-refractivity contribution in [2.75, 3.05) is 27.3 Å². The van der Waals surface area contributed by atoms with Gasteiger partial charge in [0.1, 0.15) is 11.4 Å². The highest BCUT2D eigenvalue weighted by Gasteiger charge is 2.52. The van der Waals surface area contributed by atoms with E-state index in [0.29, 0.717) is 19.4 Å². The molecule has 2 N–H and O–H groups in total. The maximum Gasteiger partial charge on any atom is 0.343 e. The molecule has 1 aliphatic carbocycles. The molecule has 13 heteroatoms. The first-order valence-electron chi connectivity index (χ1n) is 13.3. The third-order valence-corrected chi connectivity index (χ3v) is 8.04. The van der Waals surface area contributed by atoms with Gasteiger partial charge >= 0.3 is 11.9 Å². The number of carboxylic acids is 1. The molecule has 1 aromatic heterocycles. The lowest BCUT2D eigenvalue weighted by molar-refractivity contribution is -0.0190. The predicted molar refractivity (Wildman–Crippen MR) is 151 cm³/mol. The van der Waals surface area contributed by atoms with Crippen molar-refractivity contribution in [3.05, 3.63) is 97.7 Å². The van der Waals surface area contributed by atoms with E-state index in [2.05, 4.69) is 5.32 Å². The number of carboxylic acid groups (broad SMARTS) is 1. The molecule has 2 heterocycles. The Morgan fingerprint density at radius 3 is 2.53 bits per heavy atom. The number of carbonyl (C=O) groups excluding carboxylic acids is 3. The highest BCUT2D eigenvalue weighted by Crippen LogP contribution is 2.48. The van der Waals surface area contributed by atoms with E-state index in [1.165, 1.54) is 52.1 Å². The minimum Gasteiger partial charge on any atom is -0.478 e. The summed E-state index contributed by atoms with van der Waals surface area (Å²) in [5, 5.41) is 11.7. The molecule has 224 valence electrons. The van der Waals surface area contributed by atoms with Gasteiger partial charge in [-0.3, -0.25) is 14.4 Å². The minimum atomic E-state index is -1.28. The molecule has 0 atom stereocenters. The van der Waals surface area contributed by atoms with Crippen molar-refractivity contribution in [1.82, 2.24) is 14.8 Å². The van der Waals surface area contributed by atoms with Crippen LogP contribution in [-0.2, 0) is 16.8 Å². The summed E-state index contributed by atoms with van der Waals surface area (Å²) in [5.74, 6) is -5.12. The van der Waals surface area contributed by atoms with Crippen molar-refractivity contribution in [2.24, 2.45) is 5.92 Å². The van der Waals surface area contributed by atoms with E-state index in [1.807, 2.05) is 0 Å². The number of pyridine rings is 1. The number of rotatable bonds is 8. The normalized spacial score (nSPS) is 19.0. The number of methoxy groups -OCH3 is 1. The van der Waals surface area contributed by atoms with Gasteiger partial charge in [0.2, 0.25) is 11.2 Å². The van der Waals surface area contributed by atoms with Gasteiger partial charge in [-0.25, -0.2) is 14.0 Å². The highest BCUT2D eigenvalue weighted by molar-refractivity contribution is 6.30. The van der Waals surface area contributed by atoms with E-state index in [4.69, 9.17) is 21.1 Å². The first-order chi connectivity index (χ1) is 20.5. The maximum atomic E-state index is 14.4. The summed E-state index contributed by atoms with van der Waals surface area (Å²) in [4.78, 5) is 66.6. The Morgan fingerprint density at radius 2 is 1.84 bits per heavy atom. The molecule has 11 nitrogen and oxygen atoms in total. The molecule has 1 aliphatic heterocycles. The fourth-order valence-corrected chi connectivity index (χ4v) is 5.97. The zero-order valence-electron chi connectivity index (χ0n) is 23.2. The summed E-state index contributed by atoms with van der Waals surface area (Å²) >= 11 is 5.84. The van der Waals surface area contributed by atoms with E-state index in [1.54, 1.807) is 14.2 Å². The van der Waals surface area contributed by atoms with Gasteiger partial charge in [0.15, 0.2) is 5.69 Å². The van der Waals surface area contributed by atoms with Crippen LogP contribution in [0.1, 0.15) is 60.0 Å². The summed E-state index contributed by atoms with van der Waals surface area (Å²) < 4.78 is 26.8. The molecule has 0 unspecified atom stereocenters. The SMILES string of the molecule is COC[C@H]1C[C@]2(CN(C)C(=O)c3c(OC(=O)c4cccc(C(=O)O)c4)c(=O)c(C(=O)NCc4cccc(Cl)c4F)cn32)C1. The number of likely N-dealkylation sites (N-methyl/N-ethyl adjacent to an activating group) is 1. The number of halogens is 2. The third-order valence-electron chi connectivity index (χ3n) is 7.75. The molecule has 0 saturated heterocycles. The van der Waals surface area contributed by atoms with Crippen LogP contribution in [0.25, 0.3) is 0 Å². The molecule has 1 saturated carbocycles. The number of aromatic nitrogens is 1. The Balaban J connectivity index is 1.59. The largest absolute Gasteiger partial charge is 0.478 e. The quantitative estimate of drug-likeness (QED) is 0.369. The van der Waals surface area contributed by atoms with Crippen LogP contribution in [0.2, 0.25) is 5.02 Å². The molecular weight excluding hydrogens is 585 g/mol. The number of ether oxygens (including phenoxy) is 2. The van der Waals surface area contributed by atoms with E-state index < -0.39 is 51.9 Å².